The van der Waals surface area contributed by atoms with E-state index in [1.54, 1.807) is 0 Å². The summed E-state index contributed by atoms with van der Waals surface area (Å²) in [5, 5.41) is 4.84. The summed E-state index contributed by atoms with van der Waals surface area (Å²) in [7, 11) is 0. The summed E-state index contributed by atoms with van der Waals surface area (Å²) in [6, 6.07) is 7.78. The summed E-state index contributed by atoms with van der Waals surface area (Å²) < 4.78 is 11.2. The van der Waals surface area contributed by atoms with E-state index in [1.807, 2.05) is 24.3 Å². The van der Waals surface area contributed by atoms with Crippen molar-refractivity contribution < 1.29 is 9.26 Å². The van der Waals surface area contributed by atoms with Gasteiger partial charge in [0.05, 0.1) is 13.2 Å². The number of rotatable bonds is 3. The lowest BCUT2D eigenvalue weighted by Crippen LogP contribution is -2.39. The zero-order chi connectivity index (χ0) is 14.2. The quantitative estimate of drug-likeness (QED) is 0.871. The number of hydrogen-bond acceptors (Lipinski definition) is 5. The molecule has 1 saturated carbocycles. The predicted molar refractivity (Wildman–Crippen MR) is 78.6 cm³/mol. The van der Waals surface area contributed by atoms with Crippen LogP contribution in [0, 0.1) is 0 Å². The molecule has 1 saturated heterocycles. The van der Waals surface area contributed by atoms with Gasteiger partial charge in [-0.15, -0.1) is 0 Å². The van der Waals surface area contributed by atoms with Gasteiger partial charge in [0.2, 0.25) is 5.89 Å². The minimum Gasteiger partial charge on any atom is -0.370 e. The number of morpholine rings is 1. The van der Waals surface area contributed by atoms with E-state index in [-0.39, 0.29) is 6.10 Å². The molecule has 5 nitrogen and oxygen atoms in total. The van der Waals surface area contributed by atoms with Gasteiger partial charge in [-0.25, -0.2) is 0 Å². The molecule has 2 aliphatic rings. The first-order valence-corrected chi connectivity index (χ1v) is 7.63. The molecular weight excluding hydrogens is 290 g/mol. The lowest BCUT2D eigenvalue weighted by molar-refractivity contribution is 0.0391. The van der Waals surface area contributed by atoms with Crippen molar-refractivity contribution in [1.82, 2.24) is 10.1 Å². The molecule has 0 spiro atoms. The van der Waals surface area contributed by atoms with Crippen LogP contribution in [-0.4, -0.2) is 29.8 Å². The molecule has 0 unspecified atom stereocenters. The Morgan fingerprint density at radius 2 is 2.00 bits per heavy atom. The molecular formula is C15H16ClN3O2. The third-order valence-corrected chi connectivity index (χ3v) is 4.20. The molecule has 1 aromatic carbocycles. The molecule has 2 heterocycles. The first-order chi connectivity index (χ1) is 10.3. The number of ether oxygens (including phenoxy) is 1. The zero-order valence-corrected chi connectivity index (χ0v) is 12.3. The highest BCUT2D eigenvalue weighted by atomic mass is 35.5. The lowest BCUT2D eigenvalue weighted by atomic mass is 10.1. The summed E-state index contributed by atoms with van der Waals surface area (Å²) in [5.74, 6) is 1.94. The van der Waals surface area contributed by atoms with Crippen LogP contribution in [-0.2, 0) is 4.74 Å². The minimum atomic E-state index is 0.0129. The SMILES string of the molecule is Clc1ccc([C@@H]2CN(c3noc(C4CC4)n3)CCO2)cc1. The molecule has 2 aromatic rings. The molecule has 0 radical (unpaired) electrons. The van der Waals surface area contributed by atoms with Crippen LogP contribution in [0.2, 0.25) is 5.02 Å². The molecule has 0 amide bonds. The second-order valence-electron chi connectivity index (χ2n) is 5.56. The number of hydrogen-bond donors (Lipinski definition) is 0. The summed E-state index contributed by atoms with van der Waals surface area (Å²) in [5.41, 5.74) is 1.12. The van der Waals surface area contributed by atoms with Crippen molar-refractivity contribution >= 4 is 17.5 Å². The van der Waals surface area contributed by atoms with E-state index in [1.165, 1.54) is 0 Å². The van der Waals surface area contributed by atoms with Crippen LogP contribution >= 0.6 is 11.6 Å². The maximum atomic E-state index is 5.93. The maximum absolute atomic E-state index is 5.93. The molecule has 1 aliphatic carbocycles. The molecule has 6 heteroatoms. The van der Waals surface area contributed by atoms with Gasteiger partial charge in [-0.3, -0.25) is 0 Å². The monoisotopic (exact) mass is 305 g/mol. The molecule has 1 aliphatic heterocycles. The fraction of sp³-hybridized carbons (Fsp3) is 0.467. The number of nitrogens with zero attached hydrogens (tertiary/aromatic N) is 3. The topological polar surface area (TPSA) is 51.4 Å². The Hall–Kier alpha value is -1.59. The van der Waals surface area contributed by atoms with Crippen molar-refractivity contribution in [2.75, 3.05) is 24.6 Å². The summed E-state index contributed by atoms with van der Waals surface area (Å²) in [6.45, 7) is 2.17. The Kier molecular flexibility index (Phi) is 3.31. The number of aromatic nitrogens is 2. The van der Waals surface area contributed by atoms with Gasteiger partial charge >= 0.3 is 0 Å². The van der Waals surface area contributed by atoms with Crippen molar-refractivity contribution in [1.29, 1.82) is 0 Å². The van der Waals surface area contributed by atoms with Crippen molar-refractivity contribution in [3.63, 3.8) is 0 Å². The molecule has 0 N–H and O–H groups in total. The molecule has 21 heavy (non-hydrogen) atoms. The first-order valence-electron chi connectivity index (χ1n) is 7.25. The van der Waals surface area contributed by atoms with Crippen molar-refractivity contribution in [2.45, 2.75) is 24.9 Å². The number of benzene rings is 1. The maximum Gasteiger partial charge on any atom is 0.266 e. The number of halogens is 1. The zero-order valence-electron chi connectivity index (χ0n) is 11.5. The van der Waals surface area contributed by atoms with Gasteiger partial charge in [-0.1, -0.05) is 23.7 Å². The van der Waals surface area contributed by atoms with Gasteiger partial charge in [0.1, 0.15) is 6.10 Å². The standard InChI is InChI=1S/C15H16ClN3O2/c16-12-5-3-10(4-6-12)13-9-19(7-8-20-13)15-17-14(21-18-15)11-1-2-11/h3-6,11,13H,1-2,7-9H2/t13-/m0/s1. The van der Waals surface area contributed by atoms with Gasteiger partial charge < -0.3 is 14.2 Å². The predicted octanol–water partition coefficient (Wildman–Crippen LogP) is 3.18. The van der Waals surface area contributed by atoms with Gasteiger partial charge in [0.25, 0.3) is 5.95 Å². The Morgan fingerprint density at radius 1 is 1.19 bits per heavy atom. The largest absolute Gasteiger partial charge is 0.370 e. The minimum absolute atomic E-state index is 0.0129. The summed E-state index contributed by atoms with van der Waals surface area (Å²) >= 11 is 5.93. The summed E-state index contributed by atoms with van der Waals surface area (Å²) in [4.78, 5) is 6.63. The van der Waals surface area contributed by atoms with E-state index in [0.29, 0.717) is 18.5 Å². The van der Waals surface area contributed by atoms with Crippen LogP contribution in [0.3, 0.4) is 0 Å². The Balaban J connectivity index is 1.50. The summed E-state index contributed by atoms with van der Waals surface area (Å²) in [6.07, 6.45) is 2.34. The van der Waals surface area contributed by atoms with Crippen molar-refractivity contribution in [2.24, 2.45) is 0 Å². The smallest absolute Gasteiger partial charge is 0.266 e. The highest BCUT2D eigenvalue weighted by molar-refractivity contribution is 6.30. The van der Waals surface area contributed by atoms with Crippen LogP contribution in [0.25, 0.3) is 0 Å². The average molecular weight is 306 g/mol. The van der Waals surface area contributed by atoms with Gasteiger partial charge in [0.15, 0.2) is 0 Å². The fourth-order valence-electron chi connectivity index (χ4n) is 2.56. The Bertz CT molecular complexity index is 624. The van der Waals surface area contributed by atoms with E-state index < -0.39 is 0 Å². The van der Waals surface area contributed by atoms with Crippen molar-refractivity contribution in [3.05, 3.63) is 40.7 Å². The van der Waals surface area contributed by atoms with E-state index >= 15 is 0 Å². The molecule has 110 valence electrons. The van der Waals surface area contributed by atoms with Crippen LogP contribution in [0.15, 0.2) is 28.8 Å². The lowest BCUT2D eigenvalue weighted by Gasteiger charge is -2.32. The van der Waals surface area contributed by atoms with Crippen LogP contribution in [0.4, 0.5) is 5.95 Å². The average Bonchev–Trinajstić information content (AvgIpc) is 3.25. The van der Waals surface area contributed by atoms with E-state index in [2.05, 4.69) is 15.0 Å². The molecule has 0 bridgehead atoms. The molecule has 1 aromatic heterocycles. The van der Waals surface area contributed by atoms with E-state index in [4.69, 9.17) is 20.9 Å². The third kappa shape index (κ3) is 2.76. The van der Waals surface area contributed by atoms with Crippen LogP contribution < -0.4 is 4.90 Å². The van der Waals surface area contributed by atoms with Gasteiger partial charge in [0, 0.05) is 17.5 Å². The van der Waals surface area contributed by atoms with Gasteiger partial charge in [-0.2, -0.15) is 4.98 Å². The normalized spacial score (nSPS) is 22.5. The van der Waals surface area contributed by atoms with Crippen molar-refractivity contribution in [3.8, 4) is 0 Å². The second kappa shape index (κ2) is 5.31. The number of anilines is 1. The fourth-order valence-corrected chi connectivity index (χ4v) is 2.69. The highest BCUT2D eigenvalue weighted by Gasteiger charge is 2.31. The van der Waals surface area contributed by atoms with E-state index in [0.717, 1.165) is 42.4 Å². The van der Waals surface area contributed by atoms with Gasteiger partial charge in [-0.05, 0) is 35.7 Å². The third-order valence-electron chi connectivity index (χ3n) is 3.95. The van der Waals surface area contributed by atoms with Crippen LogP contribution in [0.5, 0.6) is 0 Å². The molecule has 4 rings (SSSR count). The van der Waals surface area contributed by atoms with E-state index in [9.17, 15) is 0 Å². The van der Waals surface area contributed by atoms with Crippen LogP contribution in [0.1, 0.15) is 36.3 Å². The highest BCUT2D eigenvalue weighted by Crippen LogP contribution is 2.39. The second-order valence-corrected chi connectivity index (χ2v) is 6.00. The first kappa shape index (κ1) is 13.1. The Labute approximate surface area is 127 Å². The molecule has 1 atom stereocenters. The Morgan fingerprint density at radius 3 is 2.76 bits per heavy atom. The molecule has 2 fully saturated rings.